The summed E-state index contributed by atoms with van der Waals surface area (Å²) in [7, 11) is 0. The van der Waals surface area contributed by atoms with Gasteiger partial charge in [-0.1, -0.05) is 6.92 Å². The van der Waals surface area contributed by atoms with Crippen molar-refractivity contribution in [1.82, 2.24) is 9.78 Å². The number of aromatic nitrogens is 2. The molecule has 1 rings (SSSR count). The molecule has 0 aliphatic rings. The van der Waals surface area contributed by atoms with E-state index >= 15 is 0 Å². The number of anilines is 1. The highest BCUT2D eigenvalue weighted by Gasteiger charge is 2.07. The van der Waals surface area contributed by atoms with Gasteiger partial charge in [-0.05, 0) is 20.3 Å². The first-order chi connectivity index (χ1) is 6.69. The molecule has 14 heavy (non-hydrogen) atoms. The fraction of sp³-hybridized carbons (Fsp3) is 0.600. The predicted octanol–water partition coefficient (Wildman–Crippen LogP) is 1.95. The molecular formula is C10H17N3O. The van der Waals surface area contributed by atoms with E-state index in [0.717, 1.165) is 24.3 Å². The maximum Gasteiger partial charge on any atom is 0.224 e. The van der Waals surface area contributed by atoms with E-state index in [2.05, 4.69) is 10.4 Å². The minimum atomic E-state index is 0.0613. The number of hydrogen-bond donors (Lipinski definition) is 1. The molecule has 0 atom stereocenters. The second kappa shape index (κ2) is 4.79. The van der Waals surface area contributed by atoms with Crippen molar-refractivity contribution in [3.8, 4) is 0 Å². The number of aryl methyl sites for hydroxylation is 1. The van der Waals surface area contributed by atoms with Crippen LogP contribution in [-0.2, 0) is 11.3 Å². The molecule has 0 unspecified atom stereocenters. The average molecular weight is 195 g/mol. The van der Waals surface area contributed by atoms with E-state index in [1.807, 2.05) is 25.5 Å². The molecule has 4 nitrogen and oxygen atoms in total. The lowest BCUT2D eigenvalue weighted by Crippen LogP contribution is -2.11. The van der Waals surface area contributed by atoms with Crippen LogP contribution in [-0.4, -0.2) is 15.7 Å². The Hall–Kier alpha value is -1.32. The Morgan fingerprint density at radius 2 is 2.29 bits per heavy atom. The van der Waals surface area contributed by atoms with E-state index < -0.39 is 0 Å². The summed E-state index contributed by atoms with van der Waals surface area (Å²) in [6, 6.07) is 0. The molecule has 0 aliphatic heterocycles. The fourth-order valence-electron chi connectivity index (χ4n) is 1.33. The Morgan fingerprint density at radius 1 is 1.57 bits per heavy atom. The number of carbonyl (C=O) groups excluding carboxylic acids is 1. The third kappa shape index (κ3) is 2.34. The topological polar surface area (TPSA) is 46.9 Å². The van der Waals surface area contributed by atoms with Crippen LogP contribution in [0.1, 0.15) is 32.4 Å². The van der Waals surface area contributed by atoms with E-state index in [0.29, 0.717) is 6.42 Å². The quantitative estimate of drug-likeness (QED) is 0.798. The molecule has 1 aromatic rings. The first-order valence-electron chi connectivity index (χ1n) is 5.01. The van der Waals surface area contributed by atoms with E-state index in [9.17, 15) is 4.79 Å². The van der Waals surface area contributed by atoms with Gasteiger partial charge in [0.05, 0.1) is 17.6 Å². The van der Waals surface area contributed by atoms with Crippen molar-refractivity contribution in [2.75, 3.05) is 5.32 Å². The third-order valence-electron chi connectivity index (χ3n) is 2.15. The van der Waals surface area contributed by atoms with Crippen LogP contribution >= 0.6 is 0 Å². The van der Waals surface area contributed by atoms with E-state index in [-0.39, 0.29) is 5.91 Å². The SMILES string of the molecule is CCCC(=O)Nc1cnn(CC)c1C. The van der Waals surface area contributed by atoms with Gasteiger partial charge in [0.1, 0.15) is 0 Å². The monoisotopic (exact) mass is 195 g/mol. The normalized spacial score (nSPS) is 10.2. The van der Waals surface area contributed by atoms with Gasteiger partial charge in [-0.3, -0.25) is 9.48 Å². The van der Waals surface area contributed by atoms with Crippen molar-refractivity contribution in [1.29, 1.82) is 0 Å². The summed E-state index contributed by atoms with van der Waals surface area (Å²) in [6.07, 6.45) is 3.13. The van der Waals surface area contributed by atoms with Crippen LogP contribution in [0.2, 0.25) is 0 Å². The van der Waals surface area contributed by atoms with Crippen molar-refractivity contribution < 1.29 is 4.79 Å². The number of nitrogens with one attached hydrogen (secondary N) is 1. The maximum atomic E-state index is 11.3. The molecule has 1 N–H and O–H groups in total. The molecule has 78 valence electrons. The summed E-state index contributed by atoms with van der Waals surface area (Å²) in [5.74, 6) is 0.0613. The molecular weight excluding hydrogens is 178 g/mol. The van der Waals surface area contributed by atoms with E-state index in [1.54, 1.807) is 6.20 Å². The molecule has 1 amide bonds. The van der Waals surface area contributed by atoms with Crippen molar-refractivity contribution in [3.05, 3.63) is 11.9 Å². The number of amides is 1. The van der Waals surface area contributed by atoms with Gasteiger partial charge in [0.2, 0.25) is 5.91 Å². The zero-order chi connectivity index (χ0) is 10.6. The number of nitrogens with zero attached hydrogens (tertiary/aromatic N) is 2. The highest BCUT2D eigenvalue weighted by atomic mass is 16.1. The summed E-state index contributed by atoms with van der Waals surface area (Å²) in [4.78, 5) is 11.3. The average Bonchev–Trinajstić information content (AvgIpc) is 2.48. The second-order valence-corrected chi connectivity index (χ2v) is 3.26. The van der Waals surface area contributed by atoms with Crippen LogP contribution < -0.4 is 5.32 Å². The molecule has 0 bridgehead atoms. The smallest absolute Gasteiger partial charge is 0.224 e. The van der Waals surface area contributed by atoms with Gasteiger partial charge in [-0.2, -0.15) is 5.10 Å². The Balaban J connectivity index is 2.67. The van der Waals surface area contributed by atoms with Gasteiger partial charge in [0, 0.05) is 13.0 Å². The molecule has 0 aliphatic carbocycles. The molecule has 0 saturated carbocycles. The van der Waals surface area contributed by atoms with Crippen molar-refractivity contribution in [2.24, 2.45) is 0 Å². The van der Waals surface area contributed by atoms with Crippen molar-refractivity contribution >= 4 is 11.6 Å². The Kier molecular flexibility index (Phi) is 3.68. The minimum absolute atomic E-state index is 0.0613. The molecule has 0 fully saturated rings. The number of hydrogen-bond acceptors (Lipinski definition) is 2. The summed E-state index contributed by atoms with van der Waals surface area (Å²) < 4.78 is 1.86. The Morgan fingerprint density at radius 3 is 2.79 bits per heavy atom. The lowest BCUT2D eigenvalue weighted by molar-refractivity contribution is -0.116. The molecule has 4 heteroatoms. The second-order valence-electron chi connectivity index (χ2n) is 3.26. The maximum absolute atomic E-state index is 11.3. The summed E-state index contributed by atoms with van der Waals surface area (Å²) in [6.45, 7) is 6.80. The van der Waals surface area contributed by atoms with Crippen molar-refractivity contribution in [3.63, 3.8) is 0 Å². The van der Waals surface area contributed by atoms with Crippen LogP contribution in [0, 0.1) is 6.92 Å². The van der Waals surface area contributed by atoms with Gasteiger partial charge in [-0.15, -0.1) is 0 Å². The van der Waals surface area contributed by atoms with Gasteiger partial charge in [0.15, 0.2) is 0 Å². The largest absolute Gasteiger partial charge is 0.323 e. The Bertz CT molecular complexity index is 317. The van der Waals surface area contributed by atoms with Crippen molar-refractivity contribution in [2.45, 2.75) is 40.2 Å². The summed E-state index contributed by atoms with van der Waals surface area (Å²) in [5, 5.41) is 6.99. The van der Waals surface area contributed by atoms with E-state index in [4.69, 9.17) is 0 Å². The third-order valence-corrected chi connectivity index (χ3v) is 2.15. The van der Waals surface area contributed by atoms with Gasteiger partial charge in [-0.25, -0.2) is 0 Å². The molecule has 0 saturated heterocycles. The molecule has 1 heterocycles. The predicted molar refractivity (Wildman–Crippen MR) is 56.2 cm³/mol. The molecule has 1 aromatic heterocycles. The molecule has 0 spiro atoms. The zero-order valence-electron chi connectivity index (χ0n) is 9.00. The highest BCUT2D eigenvalue weighted by Crippen LogP contribution is 2.13. The fourth-order valence-corrected chi connectivity index (χ4v) is 1.33. The summed E-state index contributed by atoms with van der Waals surface area (Å²) >= 11 is 0. The molecule has 0 radical (unpaired) electrons. The first kappa shape index (κ1) is 10.8. The molecule has 0 aromatic carbocycles. The number of carbonyl (C=O) groups is 1. The van der Waals surface area contributed by atoms with Gasteiger partial charge >= 0.3 is 0 Å². The van der Waals surface area contributed by atoms with Crippen LogP contribution in [0.4, 0.5) is 5.69 Å². The van der Waals surface area contributed by atoms with Crippen LogP contribution in [0.25, 0.3) is 0 Å². The highest BCUT2D eigenvalue weighted by molar-refractivity contribution is 5.91. The van der Waals surface area contributed by atoms with Gasteiger partial charge < -0.3 is 5.32 Å². The lowest BCUT2D eigenvalue weighted by Gasteiger charge is -2.03. The minimum Gasteiger partial charge on any atom is -0.323 e. The van der Waals surface area contributed by atoms with Crippen LogP contribution in [0.15, 0.2) is 6.20 Å². The van der Waals surface area contributed by atoms with E-state index in [1.165, 1.54) is 0 Å². The van der Waals surface area contributed by atoms with Gasteiger partial charge in [0.25, 0.3) is 0 Å². The first-order valence-corrected chi connectivity index (χ1v) is 5.01. The Labute approximate surface area is 84.3 Å². The number of rotatable bonds is 4. The lowest BCUT2D eigenvalue weighted by atomic mass is 10.3. The zero-order valence-corrected chi connectivity index (χ0v) is 9.00. The van der Waals surface area contributed by atoms with Crippen LogP contribution in [0.3, 0.4) is 0 Å². The summed E-state index contributed by atoms with van der Waals surface area (Å²) in [5.41, 5.74) is 1.84. The standard InChI is InChI=1S/C10H17N3O/c1-4-6-10(14)12-9-7-11-13(5-2)8(9)3/h7H,4-6H2,1-3H3,(H,12,14). The van der Waals surface area contributed by atoms with Crippen LogP contribution in [0.5, 0.6) is 0 Å².